The van der Waals surface area contributed by atoms with E-state index in [0.29, 0.717) is 11.1 Å². The minimum Gasteiger partial charge on any atom is -0.423 e. The Morgan fingerprint density at radius 1 is 0.559 bits per heavy atom. The second-order valence-corrected chi connectivity index (χ2v) is 7.97. The molecule has 0 unspecified atom stereocenters. The fourth-order valence-corrected chi connectivity index (χ4v) is 3.66. The number of rotatable bonds is 7. The van der Waals surface area contributed by atoms with Crippen LogP contribution in [0.15, 0.2) is 85.5 Å². The number of hydrogen-bond donors (Lipinski definition) is 4. The topological polar surface area (TPSA) is 88.7 Å². The molecule has 0 bridgehead atoms. The van der Waals surface area contributed by atoms with Crippen LogP contribution in [0.1, 0.15) is 11.1 Å². The predicted molar refractivity (Wildman–Crippen MR) is 123 cm³/mol. The van der Waals surface area contributed by atoms with E-state index in [1.165, 1.54) is 36.4 Å². The van der Waals surface area contributed by atoms with Crippen molar-refractivity contribution in [2.45, 2.75) is 13.1 Å². The van der Waals surface area contributed by atoms with Gasteiger partial charge in [0.1, 0.15) is 11.6 Å². The fourth-order valence-electron chi connectivity index (χ4n) is 3.66. The predicted octanol–water partition coefficient (Wildman–Crippen LogP) is -0.337. The summed E-state index contributed by atoms with van der Waals surface area (Å²) in [5.41, 5.74) is 3.00. The van der Waals surface area contributed by atoms with E-state index in [9.17, 15) is 28.9 Å². The van der Waals surface area contributed by atoms with Crippen LogP contribution in [0.3, 0.4) is 0 Å². The molecule has 0 spiro atoms. The van der Waals surface area contributed by atoms with Crippen molar-refractivity contribution >= 4 is 25.2 Å². The molecule has 4 rings (SSSR count). The third kappa shape index (κ3) is 5.55. The molecule has 4 N–H and O–H groups in total. The van der Waals surface area contributed by atoms with Crippen LogP contribution in [0.5, 0.6) is 0 Å². The molecule has 0 aliphatic carbocycles. The summed E-state index contributed by atoms with van der Waals surface area (Å²) < 4.78 is 31.8. The third-order valence-corrected chi connectivity index (χ3v) is 5.56. The summed E-state index contributed by atoms with van der Waals surface area (Å²) in [6, 6.07) is 15.5. The van der Waals surface area contributed by atoms with Crippen molar-refractivity contribution < 1.29 is 38.0 Å². The lowest BCUT2D eigenvalue weighted by Gasteiger charge is -2.06. The molecule has 34 heavy (non-hydrogen) atoms. The molecule has 2 aromatic heterocycles. The zero-order valence-corrected chi connectivity index (χ0v) is 18.1. The molecule has 0 atom stereocenters. The van der Waals surface area contributed by atoms with Crippen LogP contribution >= 0.6 is 0 Å². The van der Waals surface area contributed by atoms with Crippen molar-refractivity contribution in [1.29, 1.82) is 0 Å². The maximum absolute atomic E-state index is 14.1. The standard InChI is InChI=1S/C24H22B2F2N2O4/c27-23-3-1-21(25(31)32)13-19(23)15-29-9-5-17(6-10-29)18-7-11-30(12-8-18)16-20-14-22(26(33)34)2-4-24(20)28/h1-14,31-34H,15-16H2/q+2. The summed E-state index contributed by atoms with van der Waals surface area (Å²) in [5.74, 6) is -0.854. The van der Waals surface area contributed by atoms with E-state index >= 15 is 0 Å². The average molecular weight is 462 g/mol. The number of pyridine rings is 2. The summed E-state index contributed by atoms with van der Waals surface area (Å²) in [4.78, 5) is 0. The second-order valence-electron chi connectivity index (χ2n) is 7.97. The Morgan fingerprint density at radius 3 is 1.24 bits per heavy atom. The van der Waals surface area contributed by atoms with Gasteiger partial charge in [-0.05, 0) is 46.3 Å². The molecule has 0 amide bonds. The van der Waals surface area contributed by atoms with Gasteiger partial charge in [-0.2, -0.15) is 0 Å². The molecule has 0 radical (unpaired) electrons. The van der Waals surface area contributed by atoms with Crippen LogP contribution in [0.2, 0.25) is 0 Å². The van der Waals surface area contributed by atoms with Gasteiger partial charge in [0.05, 0.1) is 11.1 Å². The van der Waals surface area contributed by atoms with Gasteiger partial charge in [0, 0.05) is 24.3 Å². The monoisotopic (exact) mass is 462 g/mol. The van der Waals surface area contributed by atoms with Crippen molar-refractivity contribution in [3.05, 3.63) is 108 Å². The lowest BCUT2D eigenvalue weighted by atomic mass is 9.79. The van der Waals surface area contributed by atoms with Crippen molar-refractivity contribution in [3.63, 3.8) is 0 Å². The van der Waals surface area contributed by atoms with Crippen molar-refractivity contribution in [2.24, 2.45) is 0 Å². The summed E-state index contributed by atoms with van der Waals surface area (Å²) in [6.07, 6.45) is 7.22. The molecule has 0 saturated heterocycles. The summed E-state index contributed by atoms with van der Waals surface area (Å²) >= 11 is 0. The van der Waals surface area contributed by atoms with Crippen LogP contribution in [-0.2, 0) is 13.1 Å². The molecule has 0 aliphatic rings. The van der Waals surface area contributed by atoms with Gasteiger partial charge in [0.15, 0.2) is 37.9 Å². The Labute approximate surface area is 195 Å². The molecular weight excluding hydrogens is 440 g/mol. The zero-order chi connectivity index (χ0) is 24.2. The van der Waals surface area contributed by atoms with Crippen LogP contribution in [0, 0.1) is 11.6 Å². The number of hydrogen-bond acceptors (Lipinski definition) is 4. The first-order chi connectivity index (χ1) is 16.3. The molecule has 6 nitrogen and oxygen atoms in total. The van der Waals surface area contributed by atoms with E-state index in [-0.39, 0.29) is 24.0 Å². The highest BCUT2D eigenvalue weighted by molar-refractivity contribution is 6.58. The maximum Gasteiger partial charge on any atom is 0.488 e. The van der Waals surface area contributed by atoms with Gasteiger partial charge < -0.3 is 20.1 Å². The first kappa shape index (κ1) is 23.7. The van der Waals surface area contributed by atoms with Gasteiger partial charge >= 0.3 is 14.2 Å². The molecular formula is C24H22B2F2N2O4+2. The molecule has 10 heteroatoms. The Balaban J connectivity index is 1.47. The smallest absolute Gasteiger partial charge is 0.423 e. The molecule has 2 aromatic carbocycles. The SMILES string of the molecule is OB(O)c1ccc(F)c(C[n+]2ccc(-c3cc[n+](Cc4cc(B(O)O)ccc4F)cc3)cc2)c1. The molecule has 4 aromatic rings. The maximum atomic E-state index is 14.1. The summed E-state index contributed by atoms with van der Waals surface area (Å²) in [6.45, 7) is 0.462. The van der Waals surface area contributed by atoms with Gasteiger partial charge in [0.25, 0.3) is 0 Å². The van der Waals surface area contributed by atoms with E-state index in [4.69, 9.17) is 0 Å². The normalized spacial score (nSPS) is 10.9. The minimum absolute atomic E-state index is 0.227. The Morgan fingerprint density at radius 2 is 0.912 bits per heavy atom. The highest BCUT2D eigenvalue weighted by atomic mass is 19.1. The number of halogens is 2. The zero-order valence-electron chi connectivity index (χ0n) is 18.1. The van der Waals surface area contributed by atoms with E-state index in [0.717, 1.165) is 11.1 Å². The summed E-state index contributed by atoms with van der Waals surface area (Å²) in [5, 5.41) is 37.2. The first-order valence-electron chi connectivity index (χ1n) is 10.6. The molecule has 0 fully saturated rings. The molecule has 0 saturated carbocycles. The molecule has 2 heterocycles. The molecule has 0 aliphatic heterocycles. The van der Waals surface area contributed by atoms with E-state index in [1.807, 2.05) is 24.3 Å². The Hall–Kier alpha value is -3.43. The second kappa shape index (κ2) is 10.2. The number of aromatic nitrogens is 2. The highest BCUT2D eigenvalue weighted by Crippen LogP contribution is 2.16. The van der Waals surface area contributed by atoms with Gasteiger partial charge in [-0.25, -0.2) is 17.9 Å². The summed E-state index contributed by atoms with van der Waals surface area (Å²) in [7, 11) is -3.32. The average Bonchev–Trinajstić information content (AvgIpc) is 2.82. The van der Waals surface area contributed by atoms with Crippen LogP contribution in [0.4, 0.5) is 8.78 Å². The van der Waals surface area contributed by atoms with E-state index < -0.39 is 25.9 Å². The van der Waals surface area contributed by atoms with Crippen molar-refractivity contribution in [2.75, 3.05) is 0 Å². The Kier molecular flexibility index (Phi) is 7.14. The largest absolute Gasteiger partial charge is 0.488 e. The number of benzene rings is 2. The lowest BCUT2D eigenvalue weighted by Crippen LogP contribution is -2.36. The lowest BCUT2D eigenvalue weighted by molar-refractivity contribution is -0.688. The van der Waals surface area contributed by atoms with Crippen molar-refractivity contribution in [1.82, 2.24) is 0 Å². The van der Waals surface area contributed by atoms with Crippen LogP contribution < -0.4 is 20.1 Å². The van der Waals surface area contributed by atoms with Crippen LogP contribution in [-0.4, -0.2) is 34.3 Å². The Bertz CT molecular complexity index is 1190. The van der Waals surface area contributed by atoms with Crippen molar-refractivity contribution in [3.8, 4) is 11.1 Å². The highest BCUT2D eigenvalue weighted by Gasteiger charge is 2.17. The van der Waals surface area contributed by atoms with Crippen LogP contribution in [0.25, 0.3) is 11.1 Å². The van der Waals surface area contributed by atoms with Gasteiger partial charge in [-0.1, -0.05) is 12.1 Å². The minimum atomic E-state index is -1.66. The first-order valence-corrected chi connectivity index (χ1v) is 10.6. The van der Waals surface area contributed by atoms with E-state index in [2.05, 4.69) is 0 Å². The van der Waals surface area contributed by atoms with E-state index in [1.54, 1.807) is 33.9 Å². The fraction of sp³-hybridized carbons (Fsp3) is 0.0833. The molecule has 170 valence electrons. The van der Waals surface area contributed by atoms with Gasteiger partial charge in [-0.3, -0.25) is 0 Å². The third-order valence-electron chi connectivity index (χ3n) is 5.56. The van der Waals surface area contributed by atoms with Gasteiger partial charge in [0.2, 0.25) is 0 Å². The quantitative estimate of drug-likeness (QED) is 0.224. The van der Waals surface area contributed by atoms with Gasteiger partial charge in [-0.15, -0.1) is 0 Å². The number of nitrogens with zero attached hydrogens (tertiary/aromatic N) is 2.